The number of anilines is 1. The first-order valence-electron chi connectivity index (χ1n) is 21.0. The van der Waals surface area contributed by atoms with Gasteiger partial charge in [0.2, 0.25) is 5.88 Å². The lowest BCUT2D eigenvalue weighted by Crippen LogP contribution is -2.40. The van der Waals surface area contributed by atoms with Crippen molar-refractivity contribution in [3.63, 3.8) is 0 Å². The normalized spacial score (nSPS) is 12.9. The fraction of sp³-hybridized carbons (Fsp3) is 0.367. The maximum atomic E-state index is 14.7. The molecule has 5 aromatic rings. The molecule has 2 heterocycles. The predicted octanol–water partition coefficient (Wildman–Crippen LogP) is 11.7. The van der Waals surface area contributed by atoms with E-state index in [4.69, 9.17) is 28.4 Å². The molecular formula is C49H60N2O8Si2. The molecule has 0 atom stereocenters. The molecule has 0 radical (unpaired) electrons. The molecule has 0 fully saturated rings. The van der Waals surface area contributed by atoms with Gasteiger partial charge in [0, 0.05) is 32.4 Å². The van der Waals surface area contributed by atoms with E-state index < -0.39 is 28.5 Å². The maximum absolute atomic E-state index is 14.7. The molecule has 1 aliphatic rings. The van der Waals surface area contributed by atoms with Crippen molar-refractivity contribution in [2.75, 3.05) is 18.1 Å². The zero-order valence-electron chi connectivity index (χ0n) is 36.9. The number of fused-ring (bicyclic) bond motifs is 1. The Balaban J connectivity index is 1.60. The number of amides is 1. The Kier molecular flexibility index (Phi) is 14.6. The maximum Gasteiger partial charge on any atom is 0.411 e. The Morgan fingerprint density at radius 3 is 1.89 bits per heavy atom. The van der Waals surface area contributed by atoms with E-state index >= 15 is 0 Å². The first kappa shape index (κ1) is 45.3. The Morgan fingerprint density at radius 1 is 0.754 bits per heavy atom. The minimum absolute atomic E-state index is 0.0251. The molecule has 0 bridgehead atoms. The van der Waals surface area contributed by atoms with Crippen LogP contribution in [0, 0.1) is 0 Å². The summed E-state index contributed by atoms with van der Waals surface area (Å²) >= 11 is 0. The summed E-state index contributed by atoms with van der Waals surface area (Å²) in [6, 6.07) is 33.9. The van der Waals surface area contributed by atoms with Crippen LogP contribution in [0.2, 0.25) is 43.8 Å². The molecule has 322 valence electrons. The summed E-state index contributed by atoms with van der Waals surface area (Å²) in [4.78, 5) is 33.8. The van der Waals surface area contributed by atoms with Crippen LogP contribution in [0.15, 0.2) is 103 Å². The summed E-state index contributed by atoms with van der Waals surface area (Å²) in [5, 5.41) is 10.0. The quantitative estimate of drug-likeness (QED) is 0.0522. The van der Waals surface area contributed by atoms with Gasteiger partial charge in [-0.2, -0.15) is 0 Å². The Hall–Kier alpha value is -5.28. The van der Waals surface area contributed by atoms with Gasteiger partial charge in [0.05, 0.1) is 24.6 Å². The van der Waals surface area contributed by atoms with E-state index in [1.165, 1.54) is 4.90 Å². The summed E-state index contributed by atoms with van der Waals surface area (Å²) < 4.78 is 32.9. The minimum Gasteiger partial charge on any atom is -0.487 e. The third-order valence-corrected chi connectivity index (χ3v) is 17.6. The van der Waals surface area contributed by atoms with Gasteiger partial charge in [-0.1, -0.05) is 131 Å². The van der Waals surface area contributed by atoms with Crippen molar-refractivity contribution < 1.29 is 38.1 Å². The van der Waals surface area contributed by atoms with E-state index in [1.54, 1.807) is 0 Å². The van der Waals surface area contributed by atoms with Crippen molar-refractivity contribution in [1.82, 2.24) is 4.98 Å². The van der Waals surface area contributed by atoms with Crippen LogP contribution in [-0.4, -0.2) is 51.7 Å². The summed E-state index contributed by atoms with van der Waals surface area (Å²) in [5.74, 6) is -0.343. The van der Waals surface area contributed by atoms with Crippen LogP contribution in [0.25, 0.3) is 11.3 Å². The molecule has 0 unspecified atom stereocenters. The summed E-state index contributed by atoms with van der Waals surface area (Å²) in [7, 11) is -3.83. The number of carboxylic acid groups (broad SMARTS) is 1. The molecule has 1 amide bonds. The van der Waals surface area contributed by atoms with Gasteiger partial charge in [0.25, 0.3) is 0 Å². The molecule has 0 aliphatic carbocycles. The number of rotatable bonds is 18. The van der Waals surface area contributed by atoms with Crippen LogP contribution in [-0.2, 0) is 53.4 Å². The molecule has 61 heavy (non-hydrogen) atoms. The highest BCUT2D eigenvalue weighted by Crippen LogP contribution is 2.45. The summed E-state index contributed by atoms with van der Waals surface area (Å²) in [6.45, 7) is 19.3. The number of ether oxygens (including phenoxy) is 4. The van der Waals surface area contributed by atoms with Gasteiger partial charge in [0.15, 0.2) is 13.9 Å². The van der Waals surface area contributed by atoms with E-state index in [-0.39, 0.29) is 55.3 Å². The number of benzene rings is 4. The lowest BCUT2D eigenvalue weighted by molar-refractivity contribution is 0.0460. The van der Waals surface area contributed by atoms with Gasteiger partial charge in [0.1, 0.15) is 25.6 Å². The van der Waals surface area contributed by atoms with Crippen molar-refractivity contribution in [3.8, 4) is 22.9 Å². The Labute approximate surface area is 363 Å². The molecule has 1 aromatic heterocycles. The zero-order chi connectivity index (χ0) is 43.8. The number of pyridine rings is 1. The second-order valence-electron chi connectivity index (χ2n) is 18.3. The molecule has 1 aliphatic heterocycles. The molecule has 0 spiro atoms. The van der Waals surface area contributed by atoms with E-state index in [1.807, 2.05) is 103 Å². The van der Waals surface area contributed by atoms with Crippen LogP contribution >= 0.6 is 0 Å². The van der Waals surface area contributed by atoms with Crippen LogP contribution < -0.4 is 14.4 Å². The van der Waals surface area contributed by atoms with Crippen molar-refractivity contribution in [3.05, 3.63) is 142 Å². The van der Waals surface area contributed by atoms with Crippen molar-refractivity contribution in [1.29, 1.82) is 0 Å². The van der Waals surface area contributed by atoms with Crippen molar-refractivity contribution in [2.24, 2.45) is 0 Å². The predicted molar refractivity (Wildman–Crippen MR) is 246 cm³/mol. The number of hydrogen-bond donors (Lipinski definition) is 1. The first-order valence-corrected chi connectivity index (χ1v) is 27.6. The number of carbonyl (C=O) groups is 2. The number of aromatic nitrogens is 1. The largest absolute Gasteiger partial charge is 0.487 e. The van der Waals surface area contributed by atoms with Crippen molar-refractivity contribution in [2.45, 2.75) is 104 Å². The van der Waals surface area contributed by atoms with Gasteiger partial charge >= 0.3 is 12.1 Å². The van der Waals surface area contributed by atoms with Gasteiger partial charge < -0.3 is 28.5 Å². The minimum atomic E-state index is -2.42. The number of hydrogen-bond acceptors (Lipinski definition) is 8. The third-order valence-electron chi connectivity index (χ3n) is 11.4. The monoisotopic (exact) mass is 860 g/mol. The van der Waals surface area contributed by atoms with Crippen LogP contribution in [0.4, 0.5) is 10.5 Å². The van der Waals surface area contributed by atoms with Gasteiger partial charge in [-0.3, -0.25) is 4.90 Å². The Morgan fingerprint density at radius 2 is 1.33 bits per heavy atom. The molecular weight excluding hydrogens is 801 g/mol. The molecule has 0 saturated carbocycles. The SMILES string of the molecule is CC(C)(C)[Si](C)(C)OCc1c(-c2cc3c(cc2COCC[Si](C)(C)C)N(C(=O)O)CC3)nc(OCc2ccccc2)c(C(=O)OCc2ccccc2)c1OCc1ccccc1. The molecule has 12 heteroatoms. The average molecular weight is 861 g/mol. The van der Waals surface area contributed by atoms with Gasteiger partial charge in [-0.05, 0) is 70.5 Å². The fourth-order valence-electron chi connectivity index (χ4n) is 6.68. The second-order valence-corrected chi connectivity index (χ2v) is 28.7. The third kappa shape index (κ3) is 11.8. The molecule has 6 rings (SSSR count). The van der Waals surface area contributed by atoms with E-state index in [0.717, 1.165) is 39.4 Å². The smallest absolute Gasteiger partial charge is 0.411 e. The highest BCUT2D eigenvalue weighted by molar-refractivity contribution is 6.76. The summed E-state index contributed by atoms with van der Waals surface area (Å²) in [6.07, 6.45) is -0.481. The number of esters is 1. The van der Waals surface area contributed by atoms with E-state index in [2.05, 4.69) is 53.5 Å². The van der Waals surface area contributed by atoms with Crippen LogP contribution in [0.1, 0.15) is 64.5 Å². The van der Waals surface area contributed by atoms with Crippen LogP contribution in [0.3, 0.4) is 0 Å². The highest BCUT2D eigenvalue weighted by Gasteiger charge is 2.39. The lowest BCUT2D eigenvalue weighted by Gasteiger charge is -2.36. The number of nitrogens with zero attached hydrogens (tertiary/aromatic N) is 2. The van der Waals surface area contributed by atoms with Crippen molar-refractivity contribution >= 4 is 34.1 Å². The highest BCUT2D eigenvalue weighted by atomic mass is 28.4. The first-order chi connectivity index (χ1) is 29.0. The standard InChI is InChI=1S/C49H60N2O8Si2/c1-49(2,3)61(7,8)59-34-41-44(40-28-38-24-25-51(48(53)54)42(38)29-39(40)33-55-26-27-60(4,5)6)50-46(57-31-36-20-14-10-15-21-36)43(45(41)56-30-35-18-12-9-13-19-35)47(52)58-32-37-22-16-11-17-23-37/h9-23,28-29H,24-27,30-34H2,1-8H3,(H,53,54). The molecule has 10 nitrogen and oxygen atoms in total. The molecule has 1 N–H and O–H groups in total. The fourth-order valence-corrected chi connectivity index (χ4v) is 8.38. The topological polar surface area (TPSA) is 117 Å². The molecule has 0 saturated heterocycles. The van der Waals surface area contributed by atoms with Crippen LogP contribution in [0.5, 0.6) is 11.6 Å². The van der Waals surface area contributed by atoms with E-state index in [9.17, 15) is 14.7 Å². The Bertz CT molecular complexity index is 2270. The second kappa shape index (κ2) is 19.6. The lowest BCUT2D eigenvalue weighted by atomic mass is 9.95. The summed E-state index contributed by atoms with van der Waals surface area (Å²) in [5.41, 5.74) is 6.72. The average Bonchev–Trinajstić information content (AvgIpc) is 3.65. The van der Waals surface area contributed by atoms with E-state index in [0.29, 0.717) is 36.5 Å². The molecule has 4 aromatic carbocycles. The number of carbonyl (C=O) groups excluding carboxylic acids is 1. The van der Waals surface area contributed by atoms with Gasteiger partial charge in [-0.25, -0.2) is 14.6 Å². The zero-order valence-corrected chi connectivity index (χ0v) is 38.9. The van der Waals surface area contributed by atoms with Gasteiger partial charge in [-0.15, -0.1) is 0 Å².